The Morgan fingerprint density at radius 3 is 2.79 bits per heavy atom. The molecule has 5 nitrogen and oxygen atoms in total. The Hall–Kier alpha value is -2.56. The quantitative estimate of drug-likeness (QED) is 0.803. The lowest BCUT2D eigenvalue weighted by Gasteiger charge is -2.43. The topological polar surface area (TPSA) is 62.6 Å². The van der Waals surface area contributed by atoms with E-state index in [4.69, 9.17) is 4.42 Å². The first-order valence-electron chi connectivity index (χ1n) is 10.5. The number of amides is 2. The molecule has 1 aliphatic heterocycles. The number of piperidine rings is 1. The van der Waals surface area contributed by atoms with E-state index in [1.165, 1.54) is 25.7 Å². The van der Waals surface area contributed by atoms with Gasteiger partial charge in [0.25, 0.3) is 5.91 Å². The van der Waals surface area contributed by atoms with E-state index in [0.29, 0.717) is 29.9 Å². The van der Waals surface area contributed by atoms with Gasteiger partial charge in [-0.2, -0.15) is 0 Å². The van der Waals surface area contributed by atoms with Crippen molar-refractivity contribution in [3.05, 3.63) is 42.2 Å². The number of rotatable bonds is 4. The van der Waals surface area contributed by atoms with Crippen LogP contribution in [0.15, 0.2) is 40.8 Å². The lowest BCUT2D eigenvalue weighted by molar-refractivity contribution is -0.115. The summed E-state index contributed by atoms with van der Waals surface area (Å²) in [6, 6.07) is 11.5. The Morgan fingerprint density at radius 1 is 1.11 bits per heavy atom. The van der Waals surface area contributed by atoms with Crippen LogP contribution in [0.5, 0.6) is 0 Å². The Labute approximate surface area is 166 Å². The summed E-state index contributed by atoms with van der Waals surface area (Å²) in [7, 11) is 0. The maximum Gasteiger partial charge on any atom is 0.289 e. The summed E-state index contributed by atoms with van der Waals surface area (Å²) < 4.78 is 5.95. The Bertz CT molecular complexity index is 855. The zero-order valence-corrected chi connectivity index (χ0v) is 16.4. The SMILES string of the molecule is CCC(=O)Nc1cccc(-c2ccc(C(=O)N3CCC[C@@H]4CCCC[C@@H]43)o2)c1. The normalized spacial score (nSPS) is 21.8. The van der Waals surface area contributed by atoms with Gasteiger partial charge in [-0.05, 0) is 55.9 Å². The molecule has 0 spiro atoms. The van der Waals surface area contributed by atoms with Crippen molar-refractivity contribution >= 4 is 17.5 Å². The van der Waals surface area contributed by atoms with Gasteiger partial charge in [0.1, 0.15) is 5.76 Å². The van der Waals surface area contributed by atoms with E-state index in [0.717, 1.165) is 30.6 Å². The van der Waals surface area contributed by atoms with E-state index >= 15 is 0 Å². The molecule has 1 saturated heterocycles. The van der Waals surface area contributed by atoms with Crippen LogP contribution < -0.4 is 5.32 Å². The number of furan rings is 1. The summed E-state index contributed by atoms with van der Waals surface area (Å²) in [6.45, 7) is 2.65. The number of hydrogen-bond acceptors (Lipinski definition) is 3. The third-order valence-electron chi connectivity index (χ3n) is 6.07. The molecular formula is C23H28N2O3. The van der Waals surface area contributed by atoms with E-state index < -0.39 is 0 Å². The molecule has 1 aliphatic carbocycles. The monoisotopic (exact) mass is 380 g/mol. The fourth-order valence-electron chi connectivity index (χ4n) is 4.63. The van der Waals surface area contributed by atoms with Crippen LogP contribution in [0.3, 0.4) is 0 Å². The first-order valence-corrected chi connectivity index (χ1v) is 10.5. The van der Waals surface area contributed by atoms with Crippen molar-refractivity contribution in [2.45, 2.75) is 57.9 Å². The fourth-order valence-corrected chi connectivity index (χ4v) is 4.63. The molecule has 2 aromatic rings. The summed E-state index contributed by atoms with van der Waals surface area (Å²) in [5.74, 6) is 1.69. The highest BCUT2D eigenvalue weighted by Gasteiger charge is 2.36. The smallest absolute Gasteiger partial charge is 0.289 e. The van der Waals surface area contributed by atoms with E-state index in [2.05, 4.69) is 5.32 Å². The number of nitrogens with one attached hydrogen (secondary N) is 1. The fraction of sp³-hybridized carbons (Fsp3) is 0.478. The first kappa shape index (κ1) is 18.8. The average Bonchev–Trinajstić information content (AvgIpc) is 3.23. The van der Waals surface area contributed by atoms with Gasteiger partial charge in [0.05, 0.1) is 0 Å². The molecule has 1 aromatic carbocycles. The van der Waals surface area contributed by atoms with Crippen molar-refractivity contribution in [2.75, 3.05) is 11.9 Å². The highest BCUT2D eigenvalue weighted by molar-refractivity contribution is 5.93. The predicted octanol–water partition coefficient (Wildman–Crippen LogP) is 5.09. The molecule has 2 amide bonds. The number of likely N-dealkylation sites (tertiary alicyclic amines) is 1. The van der Waals surface area contributed by atoms with Gasteiger partial charge in [0.2, 0.25) is 5.91 Å². The van der Waals surface area contributed by atoms with Crippen LogP contribution in [-0.2, 0) is 4.79 Å². The van der Waals surface area contributed by atoms with E-state index in [9.17, 15) is 9.59 Å². The Morgan fingerprint density at radius 2 is 1.93 bits per heavy atom. The summed E-state index contributed by atoms with van der Waals surface area (Å²) in [5, 5.41) is 2.86. The molecule has 28 heavy (non-hydrogen) atoms. The molecular weight excluding hydrogens is 352 g/mol. The minimum absolute atomic E-state index is 0.0123. The molecule has 1 N–H and O–H groups in total. The van der Waals surface area contributed by atoms with Crippen molar-refractivity contribution in [1.82, 2.24) is 4.90 Å². The number of anilines is 1. The molecule has 1 aromatic heterocycles. The Balaban J connectivity index is 1.52. The highest BCUT2D eigenvalue weighted by Crippen LogP contribution is 2.36. The number of nitrogens with zero attached hydrogens (tertiary/aromatic N) is 1. The van der Waals surface area contributed by atoms with Gasteiger partial charge in [0, 0.05) is 30.3 Å². The Kier molecular flexibility index (Phi) is 5.51. The number of hydrogen-bond donors (Lipinski definition) is 1. The summed E-state index contributed by atoms with van der Waals surface area (Å²) in [4.78, 5) is 26.8. The van der Waals surface area contributed by atoms with Gasteiger partial charge < -0.3 is 14.6 Å². The van der Waals surface area contributed by atoms with Crippen molar-refractivity contribution in [2.24, 2.45) is 5.92 Å². The predicted molar refractivity (Wildman–Crippen MR) is 109 cm³/mol. The summed E-state index contributed by atoms with van der Waals surface area (Å²) >= 11 is 0. The van der Waals surface area contributed by atoms with Crippen LogP contribution >= 0.6 is 0 Å². The van der Waals surface area contributed by atoms with E-state index in [-0.39, 0.29) is 11.8 Å². The third-order valence-corrected chi connectivity index (χ3v) is 6.07. The van der Waals surface area contributed by atoms with Gasteiger partial charge in [-0.3, -0.25) is 9.59 Å². The van der Waals surface area contributed by atoms with Gasteiger partial charge in [0.15, 0.2) is 5.76 Å². The largest absolute Gasteiger partial charge is 0.451 e. The number of carbonyl (C=O) groups excluding carboxylic acids is 2. The third kappa shape index (κ3) is 3.84. The van der Waals surface area contributed by atoms with Crippen molar-refractivity contribution in [3.63, 3.8) is 0 Å². The zero-order chi connectivity index (χ0) is 19.5. The average molecular weight is 380 g/mol. The molecule has 2 heterocycles. The first-order chi connectivity index (χ1) is 13.7. The van der Waals surface area contributed by atoms with Crippen LogP contribution in [0.1, 0.15) is 62.4 Å². The van der Waals surface area contributed by atoms with Crippen molar-refractivity contribution in [3.8, 4) is 11.3 Å². The van der Waals surface area contributed by atoms with Gasteiger partial charge >= 0.3 is 0 Å². The maximum absolute atomic E-state index is 13.1. The molecule has 2 atom stereocenters. The van der Waals surface area contributed by atoms with Crippen molar-refractivity contribution in [1.29, 1.82) is 0 Å². The van der Waals surface area contributed by atoms with Crippen molar-refractivity contribution < 1.29 is 14.0 Å². The second kappa shape index (κ2) is 8.21. The van der Waals surface area contributed by atoms with Crippen LogP contribution in [0.2, 0.25) is 0 Å². The zero-order valence-electron chi connectivity index (χ0n) is 16.4. The molecule has 0 bridgehead atoms. The lowest BCUT2D eigenvalue weighted by Crippen LogP contribution is -2.49. The number of carbonyl (C=O) groups is 2. The van der Waals surface area contributed by atoms with Crippen LogP contribution in [0, 0.1) is 5.92 Å². The number of benzene rings is 1. The van der Waals surface area contributed by atoms with Crippen LogP contribution in [0.25, 0.3) is 11.3 Å². The second-order valence-corrected chi connectivity index (χ2v) is 7.90. The highest BCUT2D eigenvalue weighted by atomic mass is 16.4. The summed E-state index contributed by atoms with van der Waals surface area (Å²) in [6.07, 6.45) is 7.62. The molecule has 2 fully saturated rings. The van der Waals surface area contributed by atoms with Gasteiger partial charge in [-0.15, -0.1) is 0 Å². The molecule has 148 valence electrons. The maximum atomic E-state index is 13.1. The van der Waals surface area contributed by atoms with E-state index in [1.54, 1.807) is 6.07 Å². The van der Waals surface area contributed by atoms with Gasteiger partial charge in [-0.1, -0.05) is 31.9 Å². The lowest BCUT2D eigenvalue weighted by atomic mass is 9.78. The standard InChI is InChI=1S/C23H28N2O3/c1-2-22(26)24-18-10-5-8-17(15-18)20-12-13-21(28-20)23(27)25-14-6-9-16-7-3-4-11-19(16)25/h5,8,10,12-13,15-16,19H,2-4,6-7,9,11,14H2,1H3,(H,24,26)/t16-,19-/m0/s1. The van der Waals surface area contributed by atoms with E-state index in [1.807, 2.05) is 42.2 Å². The van der Waals surface area contributed by atoms with Crippen LogP contribution in [0.4, 0.5) is 5.69 Å². The number of fused-ring (bicyclic) bond motifs is 1. The molecule has 5 heteroatoms. The molecule has 4 rings (SSSR count). The van der Waals surface area contributed by atoms with Gasteiger partial charge in [-0.25, -0.2) is 0 Å². The minimum Gasteiger partial charge on any atom is -0.451 e. The second-order valence-electron chi connectivity index (χ2n) is 7.90. The molecule has 0 unspecified atom stereocenters. The summed E-state index contributed by atoms with van der Waals surface area (Å²) in [5.41, 5.74) is 1.58. The minimum atomic E-state index is -0.0282. The molecule has 2 aliphatic rings. The molecule has 1 saturated carbocycles. The molecule has 0 radical (unpaired) electrons. The van der Waals surface area contributed by atoms with Crippen LogP contribution in [-0.4, -0.2) is 29.3 Å².